The zero-order valence-corrected chi connectivity index (χ0v) is 12.4. The fourth-order valence-electron chi connectivity index (χ4n) is 2.04. The van der Waals surface area contributed by atoms with Crippen molar-refractivity contribution in [3.05, 3.63) is 36.0 Å². The second kappa shape index (κ2) is 8.56. The summed E-state index contributed by atoms with van der Waals surface area (Å²) in [5.41, 5.74) is 7.40. The molecular weight excluding hydrogens is 268 g/mol. The van der Waals surface area contributed by atoms with Crippen LogP contribution in [0.3, 0.4) is 0 Å². The third-order valence-corrected chi connectivity index (χ3v) is 3.06. The highest BCUT2D eigenvalue weighted by Crippen LogP contribution is 2.25. The molecule has 0 unspecified atom stereocenters. The molecule has 0 fully saturated rings. The van der Waals surface area contributed by atoms with Gasteiger partial charge in [-0.05, 0) is 18.6 Å². The Balaban J connectivity index is 1.91. The van der Waals surface area contributed by atoms with Gasteiger partial charge in [-0.1, -0.05) is 12.1 Å². The zero-order chi connectivity index (χ0) is 14.9. The van der Waals surface area contributed by atoms with Crippen LogP contribution in [0.15, 0.2) is 30.3 Å². The molecule has 114 valence electrons. The van der Waals surface area contributed by atoms with Crippen molar-refractivity contribution in [2.75, 3.05) is 33.5 Å². The smallest absolute Gasteiger partial charge is 0.130 e. The van der Waals surface area contributed by atoms with Crippen LogP contribution in [0.4, 0.5) is 0 Å². The van der Waals surface area contributed by atoms with Crippen molar-refractivity contribution in [1.82, 2.24) is 4.98 Å². The summed E-state index contributed by atoms with van der Waals surface area (Å²) in [7, 11) is 1.69. The van der Waals surface area contributed by atoms with Crippen LogP contribution in [0, 0.1) is 0 Å². The van der Waals surface area contributed by atoms with Gasteiger partial charge in [0.1, 0.15) is 12.4 Å². The number of para-hydroxylation sites is 1. The molecule has 2 N–H and O–H groups in total. The third kappa shape index (κ3) is 4.67. The van der Waals surface area contributed by atoms with Crippen LogP contribution in [-0.2, 0) is 16.0 Å². The van der Waals surface area contributed by atoms with Crippen molar-refractivity contribution in [3.8, 4) is 5.75 Å². The predicted molar refractivity (Wildman–Crippen MR) is 82.4 cm³/mol. The van der Waals surface area contributed by atoms with Crippen LogP contribution < -0.4 is 10.5 Å². The van der Waals surface area contributed by atoms with E-state index in [1.807, 2.05) is 30.3 Å². The highest BCUT2D eigenvalue weighted by Gasteiger charge is 2.05. The molecule has 5 nitrogen and oxygen atoms in total. The van der Waals surface area contributed by atoms with Gasteiger partial charge in [0, 0.05) is 38.3 Å². The van der Waals surface area contributed by atoms with E-state index in [0.717, 1.165) is 35.4 Å². The Hall–Kier alpha value is -1.69. The second-order valence-electron chi connectivity index (χ2n) is 4.64. The number of ether oxygens (including phenoxy) is 3. The molecule has 0 aliphatic rings. The number of nitrogens with two attached hydrogens (primary N) is 1. The molecule has 0 spiro atoms. The van der Waals surface area contributed by atoms with Gasteiger partial charge in [0.05, 0.1) is 17.8 Å². The van der Waals surface area contributed by atoms with Crippen LogP contribution in [0.5, 0.6) is 5.75 Å². The summed E-state index contributed by atoms with van der Waals surface area (Å²) in [5.74, 6) is 0.807. The highest BCUT2D eigenvalue weighted by atomic mass is 16.5. The highest BCUT2D eigenvalue weighted by molar-refractivity contribution is 5.85. The Morgan fingerprint density at radius 2 is 1.95 bits per heavy atom. The number of hydrogen-bond acceptors (Lipinski definition) is 5. The third-order valence-electron chi connectivity index (χ3n) is 3.06. The molecule has 0 radical (unpaired) electrons. The van der Waals surface area contributed by atoms with Gasteiger partial charge in [0.2, 0.25) is 0 Å². The summed E-state index contributed by atoms with van der Waals surface area (Å²) >= 11 is 0. The quantitative estimate of drug-likeness (QED) is 0.717. The Bertz CT molecular complexity index is 560. The van der Waals surface area contributed by atoms with Gasteiger partial charge in [-0.2, -0.15) is 0 Å². The Labute approximate surface area is 125 Å². The number of methoxy groups -OCH3 is 1. The minimum atomic E-state index is 0.398. The summed E-state index contributed by atoms with van der Waals surface area (Å²) in [6, 6.07) is 9.78. The number of rotatable bonds is 9. The molecule has 0 atom stereocenters. The van der Waals surface area contributed by atoms with E-state index in [2.05, 4.69) is 4.98 Å². The minimum Gasteiger partial charge on any atom is -0.490 e. The molecule has 0 aliphatic carbocycles. The number of pyridine rings is 1. The van der Waals surface area contributed by atoms with Crippen molar-refractivity contribution >= 4 is 10.9 Å². The molecule has 21 heavy (non-hydrogen) atoms. The van der Waals surface area contributed by atoms with E-state index in [-0.39, 0.29) is 0 Å². The lowest BCUT2D eigenvalue weighted by Crippen LogP contribution is -2.09. The van der Waals surface area contributed by atoms with E-state index >= 15 is 0 Å². The summed E-state index contributed by atoms with van der Waals surface area (Å²) in [6.45, 7) is 2.86. The van der Waals surface area contributed by atoms with Crippen molar-refractivity contribution in [3.63, 3.8) is 0 Å². The van der Waals surface area contributed by atoms with Crippen LogP contribution in [-0.4, -0.2) is 38.5 Å². The summed E-state index contributed by atoms with van der Waals surface area (Å²) in [6.07, 6.45) is 0.895. The standard InChI is InChI=1S/C16H22N2O3/c1-19-7-4-8-20-9-10-21-16-11-13(12-17)18-15-6-3-2-5-14(15)16/h2-3,5-6,11H,4,7-10,12,17H2,1H3. The maximum atomic E-state index is 5.82. The Morgan fingerprint density at radius 1 is 1.10 bits per heavy atom. The maximum Gasteiger partial charge on any atom is 0.130 e. The monoisotopic (exact) mass is 290 g/mol. The van der Waals surface area contributed by atoms with Gasteiger partial charge in [-0.15, -0.1) is 0 Å². The Kier molecular flexibility index (Phi) is 6.40. The lowest BCUT2D eigenvalue weighted by Gasteiger charge is -2.11. The summed E-state index contributed by atoms with van der Waals surface area (Å²) < 4.78 is 16.3. The van der Waals surface area contributed by atoms with Gasteiger partial charge in [0.25, 0.3) is 0 Å². The van der Waals surface area contributed by atoms with E-state index in [1.54, 1.807) is 7.11 Å². The van der Waals surface area contributed by atoms with Crippen LogP contribution in [0.2, 0.25) is 0 Å². The largest absolute Gasteiger partial charge is 0.490 e. The molecule has 0 bridgehead atoms. The van der Waals surface area contributed by atoms with Crippen LogP contribution in [0.25, 0.3) is 10.9 Å². The fraction of sp³-hybridized carbons (Fsp3) is 0.438. The maximum absolute atomic E-state index is 5.82. The van der Waals surface area contributed by atoms with Gasteiger partial charge >= 0.3 is 0 Å². The molecule has 0 amide bonds. The van der Waals surface area contributed by atoms with Crippen molar-refractivity contribution in [1.29, 1.82) is 0 Å². The fourth-order valence-corrected chi connectivity index (χ4v) is 2.04. The lowest BCUT2D eigenvalue weighted by atomic mass is 10.2. The number of aromatic nitrogens is 1. The minimum absolute atomic E-state index is 0.398. The number of fused-ring (bicyclic) bond motifs is 1. The second-order valence-corrected chi connectivity index (χ2v) is 4.64. The predicted octanol–water partition coefficient (Wildman–Crippen LogP) is 2.13. The number of hydrogen-bond donors (Lipinski definition) is 1. The lowest BCUT2D eigenvalue weighted by molar-refractivity contribution is 0.0810. The molecule has 0 saturated carbocycles. The van der Waals surface area contributed by atoms with Crippen LogP contribution >= 0.6 is 0 Å². The molecular formula is C16H22N2O3. The topological polar surface area (TPSA) is 66.6 Å². The zero-order valence-electron chi connectivity index (χ0n) is 12.4. The first kappa shape index (κ1) is 15.7. The molecule has 0 aliphatic heterocycles. The van der Waals surface area contributed by atoms with Crippen molar-refractivity contribution in [2.45, 2.75) is 13.0 Å². The molecule has 1 aromatic carbocycles. The van der Waals surface area contributed by atoms with E-state index in [4.69, 9.17) is 19.9 Å². The van der Waals surface area contributed by atoms with E-state index < -0.39 is 0 Å². The first-order chi connectivity index (χ1) is 10.3. The van der Waals surface area contributed by atoms with Gasteiger partial charge in [0.15, 0.2) is 0 Å². The van der Waals surface area contributed by atoms with E-state index in [1.165, 1.54) is 0 Å². The van der Waals surface area contributed by atoms with Gasteiger partial charge in [-0.25, -0.2) is 0 Å². The number of benzene rings is 1. The molecule has 1 aromatic heterocycles. The molecule has 2 rings (SSSR count). The summed E-state index contributed by atoms with van der Waals surface area (Å²) in [5, 5.41) is 0.995. The first-order valence-electron chi connectivity index (χ1n) is 7.13. The number of nitrogens with zero attached hydrogens (tertiary/aromatic N) is 1. The molecule has 0 saturated heterocycles. The molecule has 5 heteroatoms. The van der Waals surface area contributed by atoms with Crippen LogP contribution in [0.1, 0.15) is 12.1 Å². The van der Waals surface area contributed by atoms with Crippen molar-refractivity contribution < 1.29 is 14.2 Å². The average molecular weight is 290 g/mol. The molecule has 1 heterocycles. The van der Waals surface area contributed by atoms with Gasteiger partial charge in [-0.3, -0.25) is 4.98 Å². The average Bonchev–Trinajstić information content (AvgIpc) is 2.53. The normalized spacial score (nSPS) is 11.0. The summed E-state index contributed by atoms with van der Waals surface area (Å²) in [4.78, 5) is 4.48. The van der Waals surface area contributed by atoms with E-state index in [9.17, 15) is 0 Å². The SMILES string of the molecule is COCCCOCCOc1cc(CN)nc2ccccc12. The first-order valence-corrected chi connectivity index (χ1v) is 7.13. The van der Waals surface area contributed by atoms with Gasteiger partial charge < -0.3 is 19.9 Å². The van der Waals surface area contributed by atoms with Crippen molar-refractivity contribution in [2.24, 2.45) is 5.73 Å². The van der Waals surface area contributed by atoms with E-state index in [0.29, 0.717) is 26.4 Å². The Morgan fingerprint density at radius 3 is 2.76 bits per heavy atom. The molecule has 2 aromatic rings.